The zero-order chi connectivity index (χ0) is 17.1. The van der Waals surface area contributed by atoms with Gasteiger partial charge in [-0.25, -0.2) is 4.98 Å². The summed E-state index contributed by atoms with van der Waals surface area (Å²) in [7, 11) is 3.62. The molecule has 0 aliphatic carbocycles. The highest BCUT2D eigenvalue weighted by Crippen LogP contribution is 2.23. The molecule has 6 nitrogen and oxygen atoms in total. The summed E-state index contributed by atoms with van der Waals surface area (Å²) in [5, 5.41) is 3.36. The predicted molar refractivity (Wildman–Crippen MR) is 99.2 cm³/mol. The van der Waals surface area contributed by atoms with Crippen LogP contribution in [-0.4, -0.2) is 47.1 Å². The van der Waals surface area contributed by atoms with Gasteiger partial charge in [0.25, 0.3) is 0 Å². The number of piperazine rings is 1. The van der Waals surface area contributed by atoms with E-state index < -0.39 is 0 Å². The summed E-state index contributed by atoms with van der Waals surface area (Å²) in [6.45, 7) is 4.23. The lowest BCUT2D eigenvalue weighted by Gasteiger charge is -2.36. The molecule has 136 valence electrons. The molecule has 0 spiro atoms. The lowest BCUT2D eigenvalue weighted by atomic mass is 10.1. The standard InChI is InChI=1S/C18H24N4O2.ClH/c1-13-4-5-14(10-16(13)24-3)11-17(23)22-9-6-19-12-15(22)18-20-7-8-21(18)2;/h4-5,7-8,10,15,19H,6,9,11-12H2,1-3H3;1H. The molecule has 0 bridgehead atoms. The Morgan fingerprint density at radius 2 is 2.24 bits per heavy atom. The molecule has 1 aromatic carbocycles. The van der Waals surface area contributed by atoms with Crippen LogP contribution in [0.15, 0.2) is 30.6 Å². The van der Waals surface area contributed by atoms with E-state index in [0.29, 0.717) is 13.0 Å². The number of benzene rings is 1. The first-order valence-corrected chi connectivity index (χ1v) is 8.21. The topological polar surface area (TPSA) is 59.4 Å². The molecular formula is C18H25ClN4O2. The number of hydrogen-bond acceptors (Lipinski definition) is 4. The third-order valence-corrected chi connectivity index (χ3v) is 4.55. The minimum absolute atomic E-state index is 0. The van der Waals surface area contributed by atoms with Crippen LogP contribution in [0, 0.1) is 6.92 Å². The lowest BCUT2D eigenvalue weighted by Crippen LogP contribution is -2.49. The number of methoxy groups -OCH3 is 1. The summed E-state index contributed by atoms with van der Waals surface area (Å²) in [5.41, 5.74) is 2.04. The van der Waals surface area contributed by atoms with Gasteiger partial charge in [-0.1, -0.05) is 12.1 Å². The van der Waals surface area contributed by atoms with Crippen molar-refractivity contribution in [3.05, 3.63) is 47.5 Å². The second kappa shape index (κ2) is 8.36. The van der Waals surface area contributed by atoms with E-state index in [9.17, 15) is 4.79 Å². The number of hydrogen-bond donors (Lipinski definition) is 1. The van der Waals surface area contributed by atoms with Crippen LogP contribution >= 0.6 is 12.4 Å². The average Bonchev–Trinajstić information content (AvgIpc) is 3.02. The van der Waals surface area contributed by atoms with Crippen molar-refractivity contribution >= 4 is 18.3 Å². The van der Waals surface area contributed by atoms with Gasteiger partial charge >= 0.3 is 0 Å². The second-order valence-electron chi connectivity index (χ2n) is 6.18. The van der Waals surface area contributed by atoms with Crippen molar-refractivity contribution in [3.63, 3.8) is 0 Å². The molecule has 0 saturated carbocycles. The first kappa shape index (κ1) is 19.3. The molecule has 1 aliphatic rings. The van der Waals surface area contributed by atoms with Gasteiger partial charge in [-0.2, -0.15) is 0 Å². The van der Waals surface area contributed by atoms with Crippen molar-refractivity contribution in [2.24, 2.45) is 7.05 Å². The quantitative estimate of drug-likeness (QED) is 0.899. The molecule has 1 atom stereocenters. The zero-order valence-corrected chi connectivity index (χ0v) is 15.7. The molecule has 0 radical (unpaired) electrons. The summed E-state index contributed by atoms with van der Waals surface area (Å²) < 4.78 is 7.34. The third kappa shape index (κ3) is 4.14. The minimum atomic E-state index is -0.0291. The fraction of sp³-hybridized carbons (Fsp3) is 0.444. The molecular weight excluding hydrogens is 340 g/mol. The number of aromatic nitrogens is 2. The lowest BCUT2D eigenvalue weighted by molar-refractivity contribution is -0.134. The molecule has 1 aromatic heterocycles. The largest absolute Gasteiger partial charge is 0.496 e. The van der Waals surface area contributed by atoms with Gasteiger partial charge in [0.2, 0.25) is 5.91 Å². The molecule has 1 fully saturated rings. The van der Waals surface area contributed by atoms with Crippen molar-refractivity contribution in [2.75, 3.05) is 26.7 Å². The molecule has 1 saturated heterocycles. The zero-order valence-electron chi connectivity index (χ0n) is 14.9. The molecule has 2 aromatic rings. The number of ether oxygens (including phenoxy) is 1. The van der Waals surface area contributed by atoms with Gasteiger partial charge in [0.1, 0.15) is 17.6 Å². The molecule has 2 heterocycles. The second-order valence-corrected chi connectivity index (χ2v) is 6.18. The van der Waals surface area contributed by atoms with Crippen LogP contribution in [0.4, 0.5) is 0 Å². The van der Waals surface area contributed by atoms with Gasteiger partial charge in [0, 0.05) is 39.1 Å². The van der Waals surface area contributed by atoms with Crippen molar-refractivity contribution in [3.8, 4) is 5.75 Å². The van der Waals surface area contributed by atoms with Gasteiger partial charge in [-0.15, -0.1) is 12.4 Å². The Labute approximate surface area is 154 Å². The summed E-state index contributed by atoms with van der Waals surface area (Å²) in [6, 6.07) is 5.91. The Hall–Kier alpha value is -2.05. The summed E-state index contributed by atoms with van der Waals surface area (Å²) in [6.07, 6.45) is 4.06. The number of imidazole rings is 1. The Balaban J connectivity index is 0.00000225. The third-order valence-electron chi connectivity index (χ3n) is 4.55. The van der Waals surface area contributed by atoms with E-state index in [1.165, 1.54) is 0 Å². The molecule has 3 rings (SSSR count). The van der Waals surface area contributed by atoms with E-state index in [1.54, 1.807) is 13.3 Å². The number of nitrogens with one attached hydrogen (secondary N) is 1. The first-order chi connectivity index (χ1) is 11.6. The van der Waals surface area contributed by atoms with E-state index in [1.807, 2.05) is 47.8 Å². The number of halogens is 1. The molecule has 1 amide bonds. The average molecular weight is 365 g/mol. The number of amides is 1. The van der Waals surface area contributed by atoms with Gasteiger partial charge in [0.15, 0.2) is 0 Å². The SMILES string of the molecule is COc1cc(CC(=O)N2CCNCC2c2nccn2C)ccc1C.Cl. The molecule has 1 N–H and O–H groups in total. The Bertz CT molecular complexity index is 732. The minimum Gasteiger partial charge on any atom is -0.496 e. The molecule has 1 unspecified atom stereocenters. The predicted octanol–water partition coefficient (Wildman–Crippen LogP) is 1.87. The highest BCUT2D eigenvalue weighted by Gasteiger charge is 2.30. The van der Waals surface area contributed by atoms with Gasteiger partial charge < -0.3 is 19.5 Å². The number of carbonyl (C=O) groups excluding carboxylic acids is 1. The Morgan fingerprint density at radius 3 is 2.92 bits per heavy atom. The summed E-state index contributed by atoms with van der Waals surface area (Å²) >= 11 is 0. The number of nitrogens with zero attached hydrogens (tertiary/aromatic N) is 3. The fourth-order valence-corrected chi connectivity index (χ4v) is 3.18. The molecule has 7 heteroatoms. The highest BCUT2D eigenvalue weighted by atomic mass is 35.5. The Morgan fingerprint density at radius 1 is 1.44 bits per heavy atom. The van der Waals surface area contributed by atoms with E-state index in [0.717, 1.165) is 35.8 Å². The molecule has 1 aliphatic heterocycles. The number of carbonyl (C=O) groups is 1. The van der Waals surface area contributed by atoms with Crippen molar-refractivity contribution < 1.29 is 9.53 Å². The first-order valence-electron chi connectivity index (χ1n) is 8.21. The summed E-state index contributed by atoms with van der Waals surface area (Å²) in [4.78, 5) is 19.3. The van der Waals surface area contributed by atoms with Crippen LogP contribution in [0.25, 0.3) is 0 Å². The van der Waals surface area contributed by atoms with Crippen molar-refractivity contribution in [1.82, 2.24) is 19.8 Å². The maximum atomic E-state index is 12.9. The van der Waals surface area contributed by atoms with Crippen molar-refractivity contribution in [1.29, 1.82) is 0 Å². The maximum Gasteiger partial charge on any atom is 0.227 e. The maximum absolute atomic E-state index is 12.9. The van der Waals surface area contributed by atoms with E-state index >= 15 is 0 Å². The number of rotatable bonds is 4. The number of aryl methyl sites for hydroxylation is 2. The smallest absolute Gasteiger partial charge is 0.227 e. The fourth-order valence-electron chi connectivity index (χ4n) is 3.18. The summed E-state index contributed by atoms with van der Waals surface area (Å²) in [5.74, 6) is 1.86. The highest BCUT2D eigenvalue weighted by molar-refractivity contribution is 5.85. The van der Waals surface area contributed by atoms with E-state index in [2.05, 4.69) is 10.3 Å². The van der Waals surface area contributed by atoms with Gasteiger partial charge in [0.05, 0.1) is 13.5 Å². The normalized spacial score (nSPS) is 17.1. The van der Waals surface area contributed by atoms with Crippen LogP contribution in [-0.2, 0) is 18.3 Å². The monoisotopic (exact) mass is 364 g/mol. The van der Waals surface area contributed by atoms with Crippen LogP contribution < -0.4 is 10.1 Å². The van der Waals surface area contributed by atoms with E-state index in [4.69, 9.17) is 4.74 Å². The van der Waals surface area contributed by atoms with Crippen LogP contribution in [0.2, 0.25) is 0 Å². The van der Waals surface area contributed by atoms with Gasteiger partial charge in [-0.3, -0.25) is 4.79 Å². The molecule has 25 heavy (non-hydrogen) atoms. The van der Waals surface area contributed by atoms with Gasteiger partial charge in [-0.05, 0) is 24.1 Å². The Kier molecular flexibility index (Phi) is 6.45. The van der Waals surface area contributed by atoms with E-state index in [-0.39, 0.29) is 24.4 Å². The van der Waals surface area contributed by atoms with Crippen LogP contribution in [0.3, 0.4) is 0 Å². The van der Waals surface area contributed by atoms with Crippen LogP contribution in [0.1, 0.15) is 23.0 Å². The van der Waals surface area contributed by atoms with Crippen LogP contribution in [0.5, 0.6) is 5.75 Å². The van der Waals surface area contributed by atoms with Crippen molar-refractivity contribution in [2.45, 2.75) is 19.4 Å².